The van der Waals surface area contributed by atoms with Crippen LogP contribution < -0.4 is 0 Å². The summed E-state index contributed by atoms with van der Waals surface area (Å²) in [4.78, 5) is 35.3. The van der Waals surface area contributed by atoms with Crippen molar-refractivity contribution in [3.05, 3.63) is 12.2 Å². The molecule has 0 aliphatic rings. The van der Waals surface area contributed by atoms with Gasteiger partial charge in [0.05, 0.1) is 0 Å². The van der Waals surface area contributed by atoms with Crippen LogP contribution in [0.15, 0.2) is 12.2 Å². The molecule has 30 heavy (non-hydrogen) atoms. The van der Waals surface area contributed by atoms with Crippen LogP contribution >= 0.6 is 0 Å². The molecule has 0 unspecified atom stereocenters. The molecule has 6 heteroatoms. The van der Waals surface area contributed by atoms with Gasteiger partial charge in [-0.25, -0.2) is 4.79 Å². The van der Waals surface area contributed by atoms with Gasteiger partial charge in [0.25, 0.3) is 0 Å². The zero-order valence-corrected chi connectivity index (χ0v) is 19.1. The Kier molecular flexibility index (Phi) is 18.0. The number of unbranched alkanes of at least 4 members (excludes halogenated alkanes) is 11. The SMILES string of the molecule is CCCCCCCC/C=C\CCCCCCCC(=O)N(C)[C@@H](CCC(=O)O)C(=O)O. The highest BCUT2D eigenvalue weighted by molar-refractivity contribution is 5.83. The van der Waals surface area contributed by atoms with Crippen molar-refractivity contribution in [1.82, 2.24) is 4.90 Å². The Labute approximate surface area is 182 Å². The molecule has 0 aromatic carbocycles. The Balaban J connectivity index is 3.70. The highest BCUT2D eigenvalue weighted by Crippen LogP contribution is 2.12. The van der Waals surface area contributed by atoms with E-state index < -0.39 is 18.0 Å². The van der Waals surface area contributed by atoms with Crippen LogP contribution in [0.25, 0.3) is 0 Å². The predicted molar refractivity (Wildman–Crippen MR) is 121 cm³/mol. The lowest BCUT2D eigenvalue weighted by Gasteiger charge is -2.24. The Bertz CT molecular complexity index is 504. The zero-order valence-electron chi connectivity index (χ0n) is 19.1. The van der Waals surface area contributed by atoms with Crippen molar-refractivity contribution in [3.8, 4) is 0 Å². The number of allylic oxidation sites excluding steroid dienone is 2. The zero-order chi connectivity index (χ0) is 22.6. The minimum Gasteiger partial charge on any atom is -0.481 e. The molecule has 0 radical (unpaired) electrons. The smallest absolute Gasteiger partial charge is 0.326 e. The molecule has 0 aliphatic heterocycles. The Morgan fingerprint density at radius 3 is 1.77 bits per heavy atom. The molecule has 1 atom stereocenters. The van der Waals surface area contributed by atoms with Crippen LogP contribution in [0.3, 0.4) is 0 Å². The molecule has 6 nitrogen and oxygen atoms in total. The van der Waals surface area contributed by atoms with Gasteiger partial charge in [-0.05, 0) is 38.5 Å². The summed E-state index contributed by atoms with van der Waals surface area (Å²) in [6.07, 6.45) is 20.0. The van der Waals surface area contributed by atoms with Gasteiger partial charge in [0.1, 0.15) is 6.04 Å². The number of rotatable bonds is 20. The largest absolute Gasteiger partial charge is 0.481 e. The van der Waals surface area contributed by atoms with Crippen LogP contribution in [0, 0.1) is 0 Å². The summed E-state index contributed by atoms with van der Waals surface area (Å²) in [6, 6.07) is -1.07. The minimum absolute atomic E-state index is 0.0702. The summed E-state index contributed by atoms with van der Waals surface area (Å²) in [5.74, 6) is -2.44. The topological polar surface area (TPSA) is 94.9 Å². The first-order valence-electron chi connectivity index (χ1n) is 11.7. The van der Waals surface area contributed by atoms with E-state index in [0.717, 1.165) is 38.5 Å². The van der Waals surface area contributed by atoms with Crippen molar-refractivity contribution in [1.29, 1.82) is 0 Å². The first-order valence-corrected chi connectivity index (χ1v) is 11.7. The van der Waals surface area contributed by atoms with Crippen molar-refractivity contribution >= 4 is 17.8 Å². The monoisotopic (exact) mass is 425 g/mol. The lowest BCUT2D eigenvalue weighted by molar-refractivity contribution is -0.150. The number of carbonyl (C=O) groups is 3. The van der Waals surface area contributed by atoms with Gasteiger partial charge in [0.2, 0.25) is 5.91 Å². The van der Waals surface area contributed by atoms with Crippen LogP contribution in [-0.4, -0.2) is 46.0 Å². The molecule has 0 aromatic heterocycles. The summed E-state index contributed by atoms with van der Waals surface area (Å²) >= 11 is 0. The van der Waals surface area contributed by atoms with Gasteiger partial charge < -0.3 is 15.1 Å². The van der Waals surface area contributed by atoms with Gasteiger partial charge in [-0.1, -0.05) is 70.4 Å². The Morgan fingerprint density at radius 2 is 1.27 bits per heavy atom. The standard InChI is InChI=1S/C24H43NO5/c1-3-4-5-6-7-8-9-10-11-12-13-14-15-16-17-18-22(26)25(2)21(24(29)30)19-20-23(27)28/h10-11,21H,3-9,12-20H2,1-2H3,(H,27,28)(H,29,30)/b11-10-/t21-/m0/s1. The lowest BCUT2D eigenvalue weighted by Crippen LogP contribution is -2.42. The molecule has 0 rings (SSSR count). The first kappa shape index (κ1) is 28.1. The number of carboxylic acids is 2. The van der Waals surface area contributed by atoms with Gasteiger partial charge in [-0.15, -0.1) is 0 Å². The highest BCUT2D eigenvalue weighted by Gasteiger charge is 2.26. The van der Waals surface area contributed by atoms with Crippen molar-refractivity contribution in [2.75, 3.05) is 7.05 Å². The van der Waals surface area contributed by atoms with Crippen molar-refractivity contribution in [2.45, 2.75) is 116 Å². The fraction of sp³-hybridized carbons (Fsp3) is 0.792. The second-order valence-corrected chi connectivity index (χ2v) is 8.13. The van der Waals surface area contributed by atoms with E-state index in [1.165, 1.54) is 56.9 Å². The summed E-state index contributed by atoms with van der Waals surface area (Å²) in [5.41, 5.74) is 0. The molecular formula is C24H43NO5. The molecule has 174 valence electrons. The van der Waals surface area contributed by atoms with Crippen molar-refractivity contribution in [2.24, 2.45) is 0 Å². The second kappa shape index (κ2) is 19.1. The Morgan fingerprint density at radius 1 is 0.767 bits per heavy atom. The summed E-state index contributed by atoms with van der Waals surface area (Å²) < 4.78 is 0. The fourth-order valence-electron chi connectivity index (χ4n) is 3.44. The number of carbonyl (C=O) groups excluding carboxylic acids is 1. The van der Waals surface area contributed by atoms with Gasteiger partial charge in [-0.3, -0.25) is 9.59 Å². The normalized spacial score (nSPS) is 12.2. The van der Waals surface area contributed by atoms with Gasteiger partial charge in [0, 0.05) is 19.9 Å². The molecule has 0 bridgehead atoms. The molecule has 0 spiro atoms. The van der Waals surface area contributed by atoms with E-state index in [1.807, 2.05) is 0 Å². The molecular weight excluding hydrogens is 382 g/mol. The summed E-state index contributed by atoms with van der Waals surface area (Å²) in [5, 5.41) is 17.9. The number of amides is 1. The minimum atomic E-state index is -1.16. The second-order valence-electron chi connectivity index (χ2n) is 8.13. The van der Waals surface area contributed by atoms with Crippen LogP contribution in [0.4, 0.5) is 0 Å². The van der Waals surface area contributed by atoms with E-state index in [4.69, 9.17) is 5.11 Å². The van der Waals surface area contributed by atoms with E-state index >= 15 is 0 Å². The van der Waals surface area contributed by atoms with Crippen LogP contribution in [-0.2, 0) is 14.4 Å². The molecule has 0 saturated heterocycles. The number of likely N-dealkylation sites (N-methyl/N-ethyl adjacent to an activating group) is 1. The van der Waals surface area contributed by atoms with E-state index in [2.05, 4.69) is 19.1 Å². The summed E-state index contributed by atoms with van der Waals surface area (Å²) in [7, 11) is 1.44. The average molecular weight is 426 g/mol. The number of hydrogen-bond acceptors (Lipinski definition) is 3. The first-order chi connectivity index (χ1) is 14.4. The number of carboxylic acid groups (broad SMARTS) is 2. The fourth-order valence-corrected chi connectivity index (χ4v) is 3.44. The van der Waals surface area contributed by atoms with Crippen LogP contribution in [0.5, 0.6) is 0 Å². The Hall–Kier alpha value is -1.85. The maximum atomic E-state index is 12.2. The number of nitrogens with zero attached hydrogens (tertiary/aromatic N) is 1. The number of aliphatic carboxylic acids is 2. The van der Waals surface area contributed by atoms with Crippen molar-refractivity contribution in [3.63, 3.8) is 0 Å². The van der Waals surface area contributed by atoms with Gasteiger partial charge in [0.15, 0.2) is 0 Å². The number of hydrogen-bond donors (Lipinski definition) is 2. The summed E-state index contributed by atoms with van der Waals surface area (Å²) in [6.45, 7) is 2.24. The van der Waals surface area contributed by atoms with E-state index in [1.54, 1.807) is 0 Å². The van der Waals surface area contributed by atoms with Crippen LogP contribution in [0.2, 0.25) is 0 Å². The quantitative estimate of drug-likeness (QED) is 0.190. The molecule has 0 fully saturated rings. The van der Waals surface area contributed by atoms with Gasteiger partial charge in [-0.2, -0.15) is 0 Å². The molecule has 1 amide bonds. The maximum absolute atomic E-state index is 12.2. The van der Waals surface area contributed by atoms with Crippen molar-refractivity contribution < 1.29 is 24.6 Å². The highest BCUT2D eigenvalue weighted by atomic mass is 16.4. The van der Waals surface area contributed by atoms with Crippen LogP contribution in [0.1, 0.15) is 110 Å². The molecule has 0 saturated carbocycles. The van der Waals surface area contributed by atoms with E-state index in [0.29, 0.717) is 6.42 Å². The molecule has 0 aliphatic carbocycles. The third-order valence-electron chi connectivity index (χ3n) is 5.43. The lowest BCUT2D eigenvalue weighted by atomic mass is 10.1. The third kappa shape index (κ3) is 16.0. The van der Waals surface area contributed by atoms with E-state index in [-0.39, 0.29) is 18.7 Å². The maximum Gasteiger partial charge on any atom is 0.326 e. The third-order valence-corrected chi connectivity index (χ3v) is 5.43. The van der Waals surface area contributed by atoms with E-state index in [9.17, 15) is 19.5 Å². The molecule has 0 heterocycles. The molecule has 2 N–H and O–H groups in total. The average Bonchev–Trinajstić information content (AvgIpc) is 2.70. The molecule has 0 aromatic rings. The predicted octanol–water partition coefficient (Wildman–Crippen LogP) is 5.80. The van der Waals surface area contributed by atoms with Gasteiger partial charge >= 0.3 is 11.9 Å².